The van der Waals surface area contributed by atoms with Crippen molar-refractivity contribution < 1.29 is 13.9 Å². The van der Waals surface area contributed by atoms with Gasteiger partial charge in [0.2, 0.25) is 0 Å². The second-order valence-corrected chi connectivity index (χ2v) is 6.85. The molecule has 0 saturated heterocycles. The van der Waals surface area contributed by atoms with E-state index in [0.717, 1.165) is 16.3 Å². The van der Waals surface area contributed by atoms with E-state index in [1.807, 2.05) is 42.6 Å². The number of nitrogens with one attached hydrogen (secondary N) is 1. The second kappa shape index (κ2) is 9.28. The molecule has 3 rings (SSSR count). The smallest absolute Gasteiger partial charge is 0.261 e. The largest absolute Gasteiger partial charge is 0.478 e. The molecular formula is C21H21FN2O2S. The van der Waals surface area contributed by atoms with Gasteiger partial charge in [-0.2, -0.15) is 0 Å². The van der Waals surface area contributed by atoms with Gasteiger partial charge in [-0.15, -0.1) is 11.3 Å². The lowest BCUT2D eigenvalue weighted by molar-refractivity contribution is -0.128. The predicted octanol–water partition coefficient (Wildman–Crippen LogP) is 4.47. The maximum Gasteiger partial charge on any atom is 0.261 e. The number of amides is 1. The standard InChI is InChI=1S/C21H21FN2O2S/c1-2-18(26-19-11-7-6-10-17(19)22)20(25)23-13-12-16-14-27-21(24-16)15-8-4-3-5-9-15/h3-11,14,18H,2,12-13H2,1H3,(H,23,25)/t18-/m0/s1. The van der Waals surface area contributed by atoms with Gasteiger partial charge in [-0.1, -0.05) is 49.4 Å². The molecule has 140 valence electrons. The minimum Gasteiger partial charge on any atom is -0.478 e. The monoisotopic (exact) mass is 384 g/mol. The molecule has 4 nitrogen and oxygen atoms in total. The molecule has 0 fully saturated rings. The Balaban J connectivity index is 1.51. The molecule has 27 heavy (non-hydrogen) atoms. The summed E-state index contributed by atoms with van der Waals surface area (Å²) in [6, 6.07) is 16.1. The lowest BCUT2D eigenvalue weighted by Crippen LogP contribution is -2.39. The maximum atomic E-state index is 13.7. The summed E-state index contributed by atoms with van der Waals surface area (Å²) in [6.07, 6.45) is 0.359. The molecule has 1 aromatic heterocycles. The number of hydrogen-bond acceptors (Lipinski definition) is 4. The molecule has 0 saturated carbocycles. The van der Waals surface area contributed by atoms with E-state index in [1.165, 1.54) is 12.1 Å². The van der Waals surface area contributed by atoms with Crippen molar-refractivity contribution in [3.8, 4) is 16.3 Å². The number of halogens is 1. The van der Waals surface area contributed by atoms with Crippen LogP contribution in [0.5, 0.6) is 5.75 Å². The van der Waals surface area contributed by atoms with Crippen molar-refractivity contribution in [2.24, 2.45) is 0 Å². The van der Waals surface area contributed by atoms with Crippen LogP contribution in [-0.2, 0) is 11.2 Å². The first kappa shape index (κ1) is 19.0. The second-order valence-electron chi connectivity index (χ2n) is 6.00. The number of carbonyl (C=O) groups is 1. The molecule has 0 spiro atoms. The van der Waals surface area contributed by atoms with E-state index >= 15 is 0 Å². The summed E-state index contributed by atoms with van der Waals surface area (Å²) in [5.41, 5.74) is 2.02. The molecule has 3 aromatic rings. The van der Waals surface area contributed by atoms with Crippen LogP contribution in [0.25, 0.3) is 10.6 Å². The van der Waals surface area contributed by atoms with Gasteiger partial charge in [0.15, 0.2) is 17.7 Å². The fourth-order valence-electron chi connectivity index (χ4n) is 2.58. The van der Waals surface area contributed by atoms with Crippen LogP contribution < -0.4 is 10.1 Å². The topological polar surface area (TPSA) is 51.2 Å². The van der Waals surface area contributed by atoms with Crippen molar-refractivity contribution in [1.29, 1.82) is 0 Å². The zero-order valence-corrected chi connectivity index (χ0v) is 15.8. The van der Waals surface area contributed by atoms with Gasteiger partial charge in [0.05, 0.1) is 5.69 Å². The zero-order chi connectivity index (χ0) is 19.1. The Morgan fingerprint density at radius 3 is 2.67 bits per heavy atom. The van der Waals surface area contributed by atoms with Crippen molar-refractivity contribution in [2.45, 2.75) is 25.9 Å². The van der Waals surface area contributed by atoms with Crippen molar-refractivity contribution in [3.05, 3.63) is 71.5 Å². The number of carbonyl (C=O) groups excluding carboxylic acids is 1. The number of rotatable bonds is 8. The summed E-state index contributed by atoms with van der Waals surface area (Å²) < 4.78 is 19.2. The van der Waals surface area contributed by atoms with Gasteiger partial charge in [0.25, 0.3) is 5.91 Å². The Kier molecular flexibility index (Phi) is 6.54. The molecule has 0 unspecified atom stereocenters. The van der Waals surface area contributed by atoms with E-state index in [9.17, 15) is 9.18 Å². The number of hydrogen-bond donors (Lipinski definition) is 1. The summed E-state index contributed by atoms with van der Waals surface area (Å²) in [6.45, 7) is 2.28. The lowest BCUT2D eigenvalue weighted by atomic mass is 10.2. The molecule has 1 amide bonds. The maximum absolute atomic E-state index is 13.7. The first-order chi connectivity index (χ1) is 13.2. The molecule has 0 aliphatic rings. The van der Waals surface area contributed by atoms with Gasteiger partial charge in [-0.25, -0.2) is 9.37 Å². The Morgan fingerprint density at radius 1 is 1.19 bits per heavy atom. The third-order valence-electron chi connectivity index (χ3n) is 4.02. The van der Waals surface area contributed by atoms with Gasteiger partial charge in [-0.05, 0) is 18.6 Å². The summed E-state index contributed by atoms with van der Waals surface area (Å²) in [4.78, 5) is 16.9. The molecule has 1 N–H and O–H groups in total. The molecule has 0 bridgehead atoms. The summed E-state index contributed by atoms with van der Waals surface area (Å²) >= 11 is 1.59. The number of nitrogens with zero attached hydrogens (tertiary/aromatic N) is 1. The fraction of sp³-hybridized carbons (Fsp3) is 0.238. The third-order valence-corrected chi connectivity index (χ3v) is 4.96. The van der Waals surface area contributed by atoms with Crippen LogP contribution in [0.4, 0.5) is 4.39 Å². The number of aromatic nitrogens is 1. The molecule has 2 aromatic carbocycles. The van der Waals surface area contributed by atoms with Crippen LogP contribution in [0.15, 0.2) is 60.0 Å². The van der Waals surface area contributed by atoms with Gasteiger partial charge >= 0.3 is 0 Å². The van der Waals surface area contributed by atoms with Crippen molar-refractivity contribution in [3.63, 3.8) is 0 Å². The average Bonchev–Trinajstić information content (AvgIpc) is 3.17. The fourth-order valence-corrected chi connectivity index (χ4v) is 3.44. The van der Waals surface area contributed by atoms with Crippen molar-refractivity contribution >= 4 is 17.2 Å². The van der Waals surface area contributed by atoms with E-state index in [1.54, 1.807) is 23.5 Å². The van der Waals surface area contributed by atoms with Gasteiger partial charge in [0, 0.05) is 23.9 Å². The first-order valence-corrected chi connectivity index (χ1v) is 9.74. The normalized spacial score (nSPS) is 11.8. The number of benzene rings is 2. The Labute approximate surface area is 162 Å². The van der Waals surface area contributed by atoms with Crippen LogP contribution in [0.3, 0.4) is 0 Å². The highest BCUT2D eigenvalue weighted by Crippen LogP contribution is 2.23. The van der Waals surface area contributed by atoms with Gasteiger partial charge < -0.3 is 10.1 Å². The number of ether oxygens (including phenoxy) is 1. The van der Waals surface area contributed by atoms with Crippen molar-refractivity contribution in [1.82, 2.24) is 10.3 Å². The summed E-state index contributed by atoms with van der Waals surface area (Å²) in [5.74, 6) is -0.634. The van der Waals surface area contributed by atoms with Crippen LogP contribution in [0.1, 0.15) is 19.0 Å². The average molecular weight is 384 g/mol. The molecule has 1 heterocycles. The minimum absolute atomic E-state index is 0.0894. The van der Waals surface area contributed by atoms with Crippen molar-refractivity contribution in [2.75, 3.05) is 6.54 Å². The number of thiazole rings is 1. The lowest BCUT2D eigenvalue weighted by Gasteiger charge is -2.17. The van der Waals surface area contributed by atoms with Crippen LogP contribution in [0, 0.1) is 5.82 Å². The quantitative estimate of drug-likeness (QED) is 0.624. The Morgan fingerprint density at radius 2 is 1.93 bits per heavy atom. The molecular weight excluding hydrogens is 363 g/mol. The van der Waals surface area contributed by atoms with Gasteiger partial charge in [-0.3, -0.25) is 4.79 Å². The minimum atomic E-state index is -0.725. The van der Waals surface area contributed by atoms with Crippen LogP contribution in [-0.4, -0.2) is 23.5 Å². The number of para-hydroxylation sites is 1. The van der Waals surface area contributed by atoms with E-state index < -0.39 is 11.9 Å². The summed E-state index contributed by atoms with van der Waals surface area (Å²) in [7, 11) is 0. The molecule has 1 atom stereocenters. The van der Waals surface area contributed by atoms with Crippen LogP contribution in [0.2, 0.25) is 0 Å². The highest BCUT2D eigenvalue weighted by atomic mass is 32.1. The molecule has 0 aliphatic carbocycles. The van der Waals surface area contributed by atoms with E-state index in [2.05, 4.69) is 10.3 Å². The van der Waals surface area contributed by atoms with Crippen LogP contribution >= 0.6 is 11.3 Å². The molecule has 6 heteroatoms. The Hall–Kier alpha value is -2.73. The Bertz CT molecular complexity index is 883. The predicted molar refractivity (Wildman–Crippen MR) is 105 cm³/mol. The molecule has 0 radical (unpaired) electrons. The molecule has 0 aliphatic heterocycles. The third kappa shape index (κ3) is 5.14. The van der Waals surface area contributed by atoms with E-state index in [0.29, 0.717) is 19.4 Å². The first-order valence-electron chi connectivity index (χ1n) is 8.86. The summed E-state index contributed by atoms with van der Waals surface area (Å²) in [5, 5.41) is 5.81. The SMILES string of the molecule is CC[C@H](Oc1ccccc1F)C(=O)NCCc1csc(-c2ccccc2)n1. The van der Waals surface area contributed by atoms with E-state index in [-0.39, 0.29) is 11.7 Å². The highest BCUT2D eigenvalue weighted by molar-refractivity contribution is 7.13. The van der Waals surface area contributed by atoms with Gasteiger partial charge in [0.1, 0.15) is 5.01 Å². The highest BCUT2D eigenvalue weighted by Gasteiger charge is 2.19. The zero-order valence-electron chi connectivity index (χ0n) is 15.0. The van der Waals surface area contributed by atoms with E-state index in [4.69, 9.17) is 4.74 Å².